The third kappa shape index (κ3) is 3.61. The lowest BCUT2D eigenvalue weighted by molar-refractivity contribution is -0.119. The van der Waals surface area contributed by atoms with E-state index in [-0.39, 0.29) is 18.1 Å². The van der Waals surface area contributed by atoms with Gasteiger partial charge in [-0.1, -0.05) is 0 Å². The standard InChI is InChI=1S/C22H28N4O3/c1-13-20-21(25(3)14(2)22(27)26(20)4)24-19(23-13)12-15-10-18(11-15)29-17-8-6-16(28-5)7-9-17/h6-9,14-15,18H,10-12H2,1-5H3/t14-,15?,18?/m0/s1. The number of benzene rings is 1. The SMILES string of the molecule is COc1ccc(OC2CC(Cc3nc(C)c4c(n3)N(C)[C@@H](C)C(=O)N4C)C2)cc1. The topological polar surface area (TPSA) is 67.8 Å². The number of rotatable bonds is 5. The predicted octanol–water partition coefficient (Wildman–Crippen LogP) is 2.99. The first kappa shape index (κ1) is 19.5. The normalized spacial score (nSPS) is 23.5. The number of carbonyl (C=O) groups is 1. The number of nitrogens with zero attached hydrogens (tertiary/aromatic N) is 4. The molecule has 0 N–H and O–H groups in total. The Kier molecular flexibility index (Phi) is 5.06. The third-order valence-corrected chi connectivity index (χ3v) is 6.05. The zero-order chi connectivity index (χ0) is 20.7. The van der Waals surface area contributed by atoms with Crippen molar-refractivity contribution >= 4 is 17.4 Å². The van der Waals surface area contributed by atoms with Crippen LogP contribution < -0.4 is 19.3 Å². The van der Waals surface area contributed by atoms with Gasteiger partial charge in [0.2, 0.25) is 5.91 Å². The minimum atomic E-state index is -0.222. The second-order valence-electron chi connectivity index (χ2n) is 8.04. The molecule has 1 fully saturated rings. The number of hydrogen-bond donors (Lipinski definition) is 0. The molecule has 0 saturated heterocycles. The summed E-state index contributed by atoms with van der Waals surface area (Å²) in [5, 5.41) is 0. The van der Waals surface area contributed by atoms with E-state index in [1.165, 1.54) is 0 Å². The highest BCUT2D eigenvalue weighted by molar-refractivity contribution is 6.04. The fraction of sp³-hybridized carbons (Fsp3) is 0.500. The van der Waals surface area contributed by atoms with E-state index in [1.807, 2.05) is 50.1 Å². The van der Waals surface area contributed by atoms with Crippen molar-refractivity contribution in [2.75, 3.05) is 31.0 Å². The van der Waals surface area contributed by atoms with Crippen LogP contribution >= 0.6 is 0 Å². The largest absolute Gasteiger partial charge is 0.497 e. The number of aromatic nitrogens is 2. The van der Waals surface area contributed by atoms with Gasteiger partial charge in [-0.2, -0.15) is 0 Å². The molecule has 2 heterocycles. The first-order valence-electron chi connectivity index (χ1n) is 10.1. The smallest absolute Gasteiger partial charge is 0.249 e. The molecule has 7 heteroatoms. The van der Waals surface area contributed by atoms with Crippen molar-refractivity contribution in [3.8, 4) is 11.5 Å². The van der Waals surface area contributed by atoms with E-state index in [2.05, 4.69) is 0 Å². The van der Waals surface area contributed by atoms with Gasteiger partial charge >= 0.3 is 0 Å². The molecular weight excluding hydrogens is 368 g/mol. The van der Waals surface area contributed by atoms with Gasteiger partial charge in [-0.15, -0.1) is 0 Å². The number of hydrogen-bond acceptors (Lipinski definition) is 6. The molecule has 7 nitrogen and oxygen atoms in total. The molecule has 1 aromatic carbocycles. The maximum atomic E-state index is 12.4. The fourth-order valence-electron chi connectivity index (χ4n) is 4.12. The molecule has 0 radical (unpaired) electrons. The van der Waals surface area contributed by atoms with Gasteiger partial charge in [0.05, 0.1) is 18.9 Å². The Labute approximate surface area is 171 Å². The Hall–Kier alpha value is -2.83. The quantitative estimate of drug-likeness (QED) is 0.774. The van der Waals surface area contributed by atoms with Crippen LogP contribution in [0.4, 0.5) is 11.5 Å². The van der Waals surface area contributed by atoms with Gasteiger partial charge in [0.15, 0.2) is 5.82 Å². The summed E-state index contributed by atoms with van der Waals surface area (Å²) in [5.41, 5.74) is 1.67. The van der Waals surface area contributed by atoms with E-state index < -0.39 is 0 Å². The summed E-state index contributed by atoms with van der Waals surface area (Å²) in [6.45, 7) is 3.86. The average molecular weight is 396 g/mol. The molecule has 2 aromatic rings. The minimum Gasteiger partial charge on any atom is -0.497 e. The van der Waals surface area contributed by atoms with Gasteiger partial charge in [-0.25, -0.2) is 9.97 Å². The molecule has 1 saturated carbocycles. The zero-order valence-corrected chi connectivity index (χ0v) is 17.7. The highest BCUT2D eigenvalue weighted by Crippen LogP contribution is 2.37. The molecule has 1 atom stereocenters. The summed E-state index contributed by atoms with van der Waals surface area (Å²) < 4.78 is 11.2. The van der Waals surface area contributed by atoms with Crippen molar-refractivity contribution in [3.63, 3.8) is 0 Å². The van der Waals surface area contributed by atoms with Crippen LogP contribution in [0.1, 0.15) is 31.3 Å². The predicted molar refractivity (Wildman–Crippen MR) is 112 cm³/mol. The Balaban J connectivity index is 1.40. The Morgan fingerprint density at radius 3 is 2.41 bits per heavy atom. The van der Waals surface area contributed by atoms with Crippen molar-refractivity contribution < 1.29 is 14.3 Å². The maximum Gasteiger partial charge on any atom is 0.249 e. The number of methoxy groups -OCH3 is 1. The summed E-state index contributed by atoms with van der Waals surface area (Å²) in [4.78, 5) is 25.5. The summed E-state index contributed by atoms with van der Waals surface area (Å²) in [5.74, 6) is 3.97. The number of aryl methyl sites for hydroxylation is 1. The van der Waals surface area contributed by atoms with Crippen LogP contribution in [0.2, 0.25) is 0 Å². The number of ether oxygens (including phenoxy) is 2. The molecule has 4 rings (SSSR count). The first-order chi connectivity index (χ1) is 13.9. The van der Waals surface area contributed by atoms with E-state index in [0.717, 1.165) is 53.8 Å². The van der Waals surface area contributed by atoms with Crippen molar-refractivity contribution in [1.29, 1.82) is 0 Å². The molecule has 2 aliphatic rings. The molecule has 1 aliphatic heterocycles. The van der Waals surface area contributed by atoms with Gasteiger partial charge in [0.25, 0.3) is 0 Å². The summed E-state index contributed by atoms with van der Waals surface area (Å²) in [6.07, 6.45) is 3.06. The molecular formula is C22H28N4O3. The average Bonchev–Trinajstić information content (AvgIpc) is 2.69. The van der Waals surface area contributed by atoms with Gasteiger partial charge in [-0.3, -0.25) is 4.79 Å². The van der Waals surface area contributed by atoms with Gasteiger partial charge < -0.3 is 19.3 Å². The first-order valence-corrected chi connectivity index (χ1v) is 10.1. The van der Waals surface area contributed by atoms with E-state index in [9.17, 15) is 4.79 Å². The fourth-order valence-corrected chi connectivity index (χ4v) is 4.12. The third-order valence-electron chi connectivity index (χ3n) is 6.05. The van der Waals surface area contributed by atoms with E-state index in [1.54, 1.807) is 19.1 Å². The van der Waals surface area contributed by atoms with Crippen LogP contribution in [0, 0.1) is 12.8 Å². The highest BCUT2D eigenvalue weighted by atomic mass is 16.5. The highest BCUT2D eigenvalue weighted by Gasteiger charge is 2.36. The van der Waals surface area contributed by atoms with Gasteiger partial charge in [-0.05, 0) is 56.9 Å². The lowest BCUT2D eigenvalue weighted by Gasteiger charge is -2.38. The second kappa shape index (κ2) is 7.54. The number of fused-ring (bicyclic) bond motifs is 1. The van der Waals surface area contributed by atoms with Crippen LogP contribution in [-0.4, -0.2) is 49.2 Å². The second-order valence-corrected chi connectivity index (χ2v) is 8.04. The Morgan fingerprint density at radius 1 is 1.10 bits per heavy atom. The number of carbonyl (C=O) groups excluding carboxylic acids is 1. The van der Waals surface area contributed by atoms with Crippen molar-refractivity contribution in [1.82, 2.24) is 9.97 Å². The number of likely N-dealkylation sites (N-methyl/N-ethyl adjacent to an activating group) is 2. The minimum absolute atomic E-state index is 0.0666. The van der Waals surface area contributed by atoms with Crippen LogP contribution in [0.15, 0.2) is 24.3 Å². The molecule has 1 amide bonds. The molecule has 0 spiro atoms. The molecule has 29 heavy (non-hydrogen) atoms. The Bertz CT molecular complexity index is 909. The van der Waals surface area contributed by atoms with Gasteiger partial charge in [0.1, 0.15) is 29.1 Å². The number of anilines is 2. The lowest BCUT2D eigenvalue weighted by atomic mass is 9.80. The van der Waals surface area contributed by atoms with Crippen LogP contribution in [0.25, 0.3) is 0 Å². The van der Waals surface area contributed by atoms with Crippen LogP contribution in [0.5, 0.6) is 11.5 Å². The van der Waals surface area contributed by atoms with Crippen molar-refractivity contribution in [2.24, 2.45) is 5.92 Å². The monoisotopic (exact) mass is 396 g/mol. The molecule has 0 unspecified atom stereocenters. The molecule has 1 aliphatic carbocycles. The van der Waals surface area contributed by atoms with E-state index in [4.69, 9.17) is 19.4 Å². The molecule has 1 aromatic heterocycles. The van der Waals surface area contributed by atoms with E-state index >= 15 is 0 Å². The maximum absolute atomic E-state index is 12.4. The van der Waals surface area contributed by atoms with Crippen molar-refractivity contribution in [2.45, 2.75) is 45.3 Å². The molecule has 0 bridgehead atoms. The van der Waals surface area contributed by atoms with E-state index in [0.29, 0.717) is 5.92 Å². The van der Waals surface area contributed by atoms with Crippen molar-refractivity contribution in [3.05, 3.63) is 35.8 Å². The summed E-state index contributed by atoms with van der Waals surface area (Å²) >= 11 is 0. The summed E-state index contributed by atoms with van der Waals surface area (Å²) in [7, 11) is 5.38. The number of amides is 1. The van der Waals surface area contributed by atoms with Gasteiger partial charge in [0, 0.05) is 20.5 Å². The Morgan fingerprint density at radius 2 is 1.76 bits per heavy atom. The zero-order valence-electron chi connectivity index (χ0n) is 17.7. The molecule has 154 valence electrons. The lowest BCUT2D eigenvalue weighted by Crippen LogP contribution is -2.50. The summed E-state index contributed by atoms with van der Waals surface area (Å²) in [6, 6.07) is 7.48. The van der Waals surface area contributed by atoms with Crippen LogP contribution in [-0.2, 0) is 11.2 Å². The van der Waals surface area contributed by atoms with Crippen LogP contribution in [0.3, 0.4) is 0 Å².